The van der Waals surface area contributed by atoms with E-state index < -0.39 is 0 Å². The van der Waals surface area contributed by atoms with Crippen LogP contribution in [0.5, 0.6) is 0 Å². The van der Waals surface area contributed by atoms with Gasteiger partial charge in [-0.05, 0) is 51.1 Å². The largest absolute Gasteiger partial charge is 0.208 e. The molecule has 0 aliphatic rings. The van der Waals surface area contributed by atoms with Crippen LogP contribution in [0.2, 0.25) is 0 Å². The average molecular weight is 639 g/mol. The summed E-state index contributed by atoms with van der Waals surface area (Å²) in [6.07, 6.45) is 0. The summed E-state index contributed by atoms with van der Waals surface area (Å²) in [7, 11) is 0. The van der Waals surface area contributed by atoms with Crippen molar-refractivity contribution < 1.29 is 0 Å². The maximum absolute atomic E-state index is 9.68. The minimum atomic E-state index is 0.504. The van der Waals surface area contributed by atoms with Crippen LogP contribution < -0.4 is 0 Å². The third-order valence-corrected chi connectivity index (χ3v) is 8.81. The summed E-state index contributed by atoms with van der Waals surface area (Å²) in [6.45, 7) is 0. The Labute approximate surface area is 291 Å². The Morgan fingerprint density at radius 2 is 0.740 bits per heavy atom. The van der Waals surface area contributed by atoms with E-state index in [0.717, 1.165) is 55.6 Å². The van der Waals surface area contributed by atoms with Crippen LogP contribution in [0.25, 0.3) is 78.7 Å². The van der Waals surface area contributed by atoms with Crippen molar-refractivity contribution >= 4 is 0 Å². The third kappa shape index (κ3) is 6.20. The minimum Gasteiger partial charge on any atom is -0.208 e. The first-order valence-corrected chi connectivity index (χ1v) is 16.5. The normalized spacial score (nSPS) is 10.8. The number of aromatic nitrogens is 3. The van der Waals surface area contributed by atoms with E-state index in [0.29, 0.717) is 23.0 Å². The summed E-state index contributed by atoms with van der Waals surface area (Å²) in [5, 5.41) is 9.68. The summed E-state index contributed by atoms with van der Waals surface area (Å²) >= 11 is 0. The molecule has 7 aromatic carbocycles. The predicted molar refractivity (Wildman–Crippen MR) is 203 cm³/mol. The van der Waals surface area contributed by atoms with Crippen LogP contribution in [-0.4, -0.2) is 15.0 Å². The van der Waals surface area contributed by atoms with Gasteiger partial charge in [-0.3, -0.25) is 0 Å². The van der Waals surface area contributed by atoms with E-state index in [1.54, 1.807) is 6.07 Å². The van der Waals surface area contributed by atoms with E-state index in [9.17, 15) is 5.26 Å². The van der Waals surface area contributed by atoms with Crippen molar-refractivity contribution in [2.75, 3.05) is 0 Å². The second-order valence-electron chi connectivity index (χ2n) is 12.0. The van der Waals surface area contributed by atoms with Crippen molar-refractivity contribution in [1.82, 2.24) is 15.0 Å². The van der Waals surface area contributed by atoms with Gasteiger partial charge in [0.2, 0.25) is 0 Å². The molecule has 8 aromatic rings. The first kappa shape index (κ1) is 30.4. The van der Waals surface area contributed by atoms with Crippen molar-refractivity contribution in [3.8, 4) is 84.7 Å². The number of benzene rings is 7. The van der Waals surface area contributed by atoms with Gasteiger partial charge < -0.3 is 0 Å². The molecule has 0 N–H and O–H groups in total. The SMILES string of the molecule is N#Cc1cccc(-c2nc(-c3ccc(-c4ccccc4)cc3)nc(-c3cccc(-c4ccccc4)c3-c3ccc(-c4ccccc4)cc3)n2)c1. The van der Waals surface area contributed by atoms with E-state index in [-0.39, 0.29) is 0 Å². The van der Waals surface area contributed by atoms with Crippen LogP contribution in [0.15, 0.2) is 182 Å². The van der Waals surface area contributed by atoms with E-state index in [2.05, 4.69) is 133 Å². The monoisotopic (exact) mass is 638 g/mol. The van der Waals surface area contributed by atoms with Gasteiger partial charge in [-0.15, -0.1) is 0 Å². The number of nitriles is 1. The standard InChI is InChI=1S/C46H30N4/c47-31-32-12-10-19-40(30-32)45-48-44(39-28-24-36(25-29-39)34-15-6-2-7-16-34)49-46(50-45)42-21-11-20-41(37-17-8-3-9-18-37)43(42)38-26-22-35(23-27-38)33-13-4-1-5-14-33/h1-30H. The number of rotatable bonds is 7. The lowest BCUT2D eigenvalue weighted by Gasteiger charge is -2.17. The van der Waals surface area contributed by atoms with Crippen molar-refractivity contribution in [2.45, 2.75) is 0 Å². The molecule has 0 saturated heterocycles. The molecule has 1 aromatic heterocycles. The second kappa shape index (κ2) is 13.6. The van der Waals surface area contributed by atoms with Crippen LogP contribution in [0.3, 0.4) is 0 Å². The molecule has 50 heavy (non-hydrogen) atoms. The van der Waals surface area contributed by atoms with Gasteiger partial charge in [0.05, 0.1) is 11.6 Å². The summed E-state index contributed by atoms with van der Waals surface area (Å²) in [4.78, 5) is 15.2. The zero-order valence-electron chi connectivity index (χ0n) is 27.1. The van der Waals surface area contributed by atoms with Gasteiger partial charge in [-0.25, -0.2) is 15.0 Å². The lowest BCUT2D eigenvalue weighted by atomic mass is 9.89. The van der Waals surface area contributed by atoms with E-state index in [1.807, 2.05) is 48.5 Å². The Kier molecular flexibility index (Phi) is 8.29. The molecular formula is C46H30N4. The molecule has 0 bridgehead atoms. The van der Waals surface area contributed by atoms with E-state index in [4.69, 9.17) is 15.0 Å². The molecule has 4 nitrogen and oxygen atoms in total. The zero-order valence-corrected chi connectivity index (χ0v) is 27.1. The first-order valence-electron chi connectivity index (χ1n) is 16.5. The van der Waals surface area contributed by atoms with Gasteiger partial charge in [-0.1, -0.05) is 170 Å². The summed E-state index contributed by atoms with van der Waals surface area (Å²) in [6, 6.07) is 64.1. The summed E-state index contributed by atoms with van der Waals surface area (Å²) in [5.41, 5.74) is 11.9. The molecule has 0 amide bonds. The van der Waals surface area contributed by atoms with Crippen LogP contribution in [0.4, 0.5) is 0 Å². The summed E-state index contributed by atoms with van der Waals surface area (Å²) in [5.74, 6) is 1.62. The quantitative estimate of drug-likeness (QED) is 0.174. The topological polar surface area (TPSA) is 62.5 Å². The van der Waals surface area contributed by atoms with Crippen LogP contribution in [-0.2, 0) is 0 Å². The van der Waals surface area contributed by atoms with Gasteiger partial charge in [0.25, 0.3) is 0 Å². The predicted octanol–water partition coefficient (Wildman–Crippen LogP) is 11.4. The fourth-order valence-electron chi connectivity index (χ4n) is 6.29. The van der Waals surface area contributed by atoms with Gasteiger partial charge >= 0.3 is 0 Å². The highest BCUT2D eigenvalue weighted by Crippen LogP contribution is 2.40. The molecule has 0 radical (unpaired) electrons. The zero-order chi connectivity index (χ0) is 33.7. The molecule has 234 valence electrons. The van der Waals surface area contributed by atoms with Gasteiger partial charge in [-0.2, -0.15) is 5.26 Å². The highest BCUT2D eigenvalue weighted by Gasteiger charge is 2.19. The number of hydrogen-bond acceptors (Lipinski definition) is 4. The Morgan fingerprint density at radius 3 is 1.32 bits per heavy atom. The van der Waals surface area contributed by atoms with Crippen LogP contribution >= 0.6 is 0 Å². The molecular weight excluding hydrogens is 609 g/mol. The van der Waals surface area contributed by atoms with Crippen LogP contribution in [0, 0.1) is 11.3 Å². The highest BCUT2D eigenvalue weighted by atomic mass is 15.0. The maximum Gasteiger partial charge on any atom is 0.164 e. The Morgan fingerprint density at radius 1 is 0.320 bits per heavy atom. The average Bonchev–Trinajstić information content (AvgIpc) is 3.21. The second-order valence-corrected chi connectivity index (χ2v) is 12.0. The molecule has 0 saturated carbocycles. The lowest BCUT2D eigenvalue weighted by molar-refractivity contribution is 1.07. The maximum atomic E-state index is 9.68. The number of hydrogen-bond donors (Lipinski definition) is 0. The van der Waals surface area contributed by atoms with Crippen molar-refractivity contribution in [3.05, 3.63) is 188 Å². The Balaban J connectivity index is 1.32. The number of nitrogens with zero attached hydrogens (tertiary/aromatic N) is 4. The molecule has 0 aliphatic heterocycles. The van der Waals surface area contributed by atoms with Crippen molar-refractivity contribution in [1.29, 1.82) is 5.26 Å². The smallest absolute Gasteiger partial charge is 0.164 e. The summed E-state index contributed by atoms with van der Waals surface area (Å²) < 4.78 is 0. The van der Waals surface area contributed by atoms with Gasteiger partial charge in [0, 0.05) is 22.3 Å². The molecule has 0 atom stereocenters. The minimum absolute atomic E-state index is 0.504. The van der Waals surface area contributed by atoms with E-state index in [1.165, 1.54) is 5.56 Å². The van der Waals surface area contributed by atoms with Gasteiger partial charge in [0.15, 0.2) is 17.5 Å². The van der Waals surface area contributed by atoms with E-state index >= 15 is 0 Å². The highest BCUT2D eigenvalue weighted by molar-refractivity contribution is 5.94. The molecule has 1 heterocycles. The fourth-order valence-corrected chi connectivity index (χ4v) is 6.29. The van der Waals surface area contributed by atoms with Gasteiger partial charge in [0.1, 0.15) is 0 Å². The van der Waals surface area contributed by atoms with Crippen molar-refractivity contribution in [3.63, 3.8) is 0 Å². The molecule has 0 fully saturated rings. The molecule has 0 aliphatic carbocycles. The molecule has 4 heteroatoms. The van der Waals surface area contributed by atoms with Crippen molar-refractivity contribution in [2.24, 2.45) is 0 Å². The first-order chi connectivity index (χ1) is 24.7. The van der Waals surface area contributed by atoms with Crippen LogP contribution in [0.1, 0.15) is 5.56 Å². The molecule has 0 unspecified atom stereocenters. The third-order valence-electron chi connectivity index (χ3n) is 8.81. The lowest BCUT2D eigenvalue weighted by Crippen LogP contribution is -2.02. The Hall–Kier alpha value is -6.96. The Bertz CT molecular complexity index is 2450. The fraction of sp³-hybridized carbons (Fsp3) is 0. The molecule has 0 spiro atoms. The molecule has 8 rings (SSSR count).